The first kappa shape index (κ1) is 29.2. The number of aromatic carboxylic acids is 1. The Bertz CT molecular complexity index is 1560. The molecule has 0 aliphatic rings. The fraction of sp³-hybridized carbons (Fsp3) is 0.179. The first-order valence-electron chi connectivity index (χ1n) is 12.0. The molecule has 3 aromatic carbocycles. The van der Waals surface area contributed by atoms with Crippen molar-refractivity contribution >= 4 is 33.7 Å². The normalized spacial score (nSPS) is 11.9. The van der Waals surface area contributed by atoms with Gasteiger partial charge in [-0.2, -0.15) is 13.2 Å². The first-order chi connectivity index (χ1) is 19.5. The number of anilines is 2. The van der Waals surface area contributed by atoms with Gasteiger partial charge in [0, 0.05) is 23.8 Å². The standard InChI is InChI=1S/C28H23F3N2O7S/c1-16(20-5-3-4-6-21(20)28(29,30)31)40-24-14-25(41-26(24)27(34)35)32-22-13-19(11-12-23(22)33(36)37)39-15-17-7-9-18(38-2)10-8-17/h3-14,16,32H,15H2,1-2H3,(H,34,35)/t16-/m1/s1. The van der Waals surface area contributed by atoms with Gasteiger partial charge in [-0.3, -0.25) is 10.1 Å². The number of hydrogen-bond acceptors (Lipinski definition) is 8. The number of benzene rings is 3. The molecule has 0 radical (unpaired) electrons. The molecule has 1 atom stereocenters. The van der Waals surface area contributed by atoms with E-state index in [0.29, 0.717) is 22.8 Å². The van der Waals surface area contributed by atoms with Crippen molar-refractivity contribution in [1.82, 2.24) is 0 Å². The van der Waals surface area contributed by atoms with E-state index in [0.717, 1.165) is 11.6 Å². The van der Waals surface area contributed by atoms with Gasteiger partial charge in [0.05, 0.1) is 22.6 Å². The highest BCUT2D eigenvalue weighted by atomic mass is 32.1. The van der Waals surface area contributed by atoms with Gasteiger partial charge < -0.3 is 24.6 Å². The van der Waals surface area contributed by atoms with Gasteiger partial charge in [-0.1, -0.05) is 30.3 Å². The molecule has 0 bridgehead atoms. The quantitative estimate of drug-likeness (QED) is 0.134. The minimum atomic E-state index is -4.63. The maximum absolute atomic E-state index is 13.5. The number of ether oxygens (including phenoxy) is 3. The largest absolute Gasteiger partial charge is 0.497 e. The summed E-state index contributed by atoms with van der Waals surface area (Å²) >= 11 is 0.716. The van der Waals surface area contributed by atoms with Crippen LogP contribution in [0.5, 0.6) is 17.2 Å². The third kappa shape index (κ3) is 7.06. The van der Waals surface area contributed by atoms with Crippen molar-refractivity contribution in [3.05, 3.63) is 104 Å². The smallest absolute Gasteiger partial charge is 0.416 e. The Hall–Kier alpha value is -4.78. The lowest BCUT2D eigenvalue weighted by Crippen LogP contribution is -2.14. The molecule has 0 saturated carbocycles. The Morgan fingerprint density at radius 3 is 2.39 bits per heavy atom. The van der Waals surface area contributed by atoms with Crippen LogP contribution >= 0.6 is 11.3 Å². The number of halogens is 3. The van der Waals surface area contributed by atoms with Crippen LogP contribution in [0, 0.1) is 10.1 Å². The number of carbonyl (C=O) groups is 1. The van der Waals surface area contributed by atoms with Crippen LogP contribution < -0.4 is 19.5 Å². The molecule has 1 aromatic heterocycles. The molecule has 13 heteroatoms. The van der Waals surface area contributed by atoms with Crippen molar-refractivity contribution in [2.75, 3.05) is 12.4 Å². The molecule has 214 valence electrons. The highest BCUT2D eigenvalue weighted by Gasteiger charge is 2.35. The topological polar surface area (TPSA) is 120 Å². The van der Waals surface area contributed by atoms with Gasteiger partial charge in [-0.15, -0.1) is 11.3 Å². The minimum Gasteiger partial charge on any atom is -0.497 e. The van der Waals surface area contributed by atoms with Gasteiger partial charge >= 0.3 is 12.1 Å². The van der Waals surface area contributed by atoms with E-state index >= 15 is 0 Å². The van der Waals surface area contributed by atoms with Crippen molar-refractivity contribution in [3.63, 3.8) is 0 Å². The molecule has 0 spiro atoms. The molecule has 0 fully saturated rings. The van der Waals surface area contributed by atoms with E-state index in [-0.39, 0.29) is 39.2 Å². The number of hydrogen-bond donors (Lipinski definition) is 2. The summed E-state index contributed by atoms with van der Waals surface area (Å²) in [6.07, 6.45) is -5.79. The number of nitrogens with one attached hydrogen (secondary N) is 1. The maximum Gasteiger partial charge on any atom is 0.416 e. The molecule has 0 aliphatic heterocycles. The molecule has 1 heterocycles. The number of carboxylic acids is 1. The highest BCUT2D eigenvalue weighted by Crippen LogP contribution is 2.41. The number of carboxylic acid groups (broad SMARTS) is 1. The second-order valence-corrected chi connectivity index (χ2v) is 9.70. The van der Waals surface area contributed by atoms with Gasteiger partial charge in [0.25, 0.3) is 5.69 Å². The summed E-state index contributed by atoms with van der Waals surface area (Å²) in [5.41, 5.74) is -0.537. The number of alkyl halides is 3. The summed E-state index contributed by atoms with van der Waals surface area (Å²) in [7, 11) is 1.55. The van der Waals surface area contributed by atoms with Crippen LogP contribution in [0.3, 0.4) is 0 Å². The van der Waals surface area contributed by atoms with Crippen molar-refractivity contribution in [3.8, 4) is 17.2 Å². The second kappa shape index (κ2) is 12.2. The molecule has 9 nitrogen and oxygen atoms in total. The Labute approximate surface area is 235 Å². The number of nitrogens with zero attached hydrogens (tertiary/aromatic N) is 1. The van der Waals surface area contributed by atoms with Crippen molar-refractivity contribution in [1.29, 1.82) is 0 Å². The third-order valence-electron chi connectivity index (χ3n) is 5.89. The Morgan fingerprint density at radius 2 is 1.76 bits per heavy atom. The lowest BCUT2D eigenvalue weighted by molar-refractivity contribution is -0.383. The van der Waals surface area contributed by atoms with E-state index in [1.165, 1.54) is 49.4 Å². The van der Waals surface area contributed by atoms with Crippen LogP contribution in [0.25, 0.3) is 0 Å². The summed E-state index contributed by atoms with van der Waals surface area (Å²) in [5, 5.41) is 24.3. The van der Waals surface area contributed by atoms with Crippen LogP contribution in [0.1, 0.15) is 39.4 Å². The van der Waals surface area contributed by atoms with E-state index in [1.54, 1.807) is 31.4 Å². The Balaban J connectivity index is 1.58. The monoisotopic (exact) mass is 588 g/mol. The molecule has 4 aromatic rings. The summed E-state index contributed by atoms with van der Waals surface area (Å²) in [6, 6.07) is 17.3. The molecule has 0 unspecified atom stereocenters. The van der Waals surface area contributed by atoms with Crippen LogP contribution in [-0.4, -0.2) is 23.1 Å². The number of rotatable bonds is 11. The summed E-state index contributed by atoms with van der Waals surface area (Å²) in [5.74, 6) is -0.586. The highest BCUT2D eigenvalue weighted by molar-refractivity contribution is 7.18. The third-order valence-corrected chi connectivity index (χ3v) is 6.91. The van der Waals surface area contributed by atoms with E-state index in [4.69, 9.17) is 14.2 Å². The summed E-state index contributed by atoms with van der Waals surface area (Å²) < 4.78 is 57.0. The average molecular weight is 589 g/mol. The first-order valence-corrected chi connectivity index (χ1v) is 12.8. The zero-order chi connectivity index (χ0) is 29.7. The van der Waals surface area contributed by atoms with Crippen LogP contribution in [0.2, 0.25) is 0 Å². The van der Waals surface area contributed by atoms with E-state index in [2.05, 4.69) is 5.32 Å². The fourth-order valence-electron chi connectivity index (χ4n) is 3.92. The van der Waals surface area contributed by atoms with Crippen LogP contribution in [-0.2, 0) is 12.8 Å². The summed E-state index contributed by atoms with van der Waals surface area (Å²) in [4.78, 5) is 22.7. The fourth-order valence-corrected chi connectivity index (χ4v) is 4.76. The van der Waals surface area contributed by atoms with Crippen LogP contribution in [0.15, 0.2) is 72.8 Å². The molecular weight excluding hydrogens is 565 g/mol. The lowest BCUT2D eigenvalue weighted by Gasteiger charge is -2.19. The van der Waals surface area contributed by atoms with E-state index < -0.39 is 28.7 Å². The maximum atomic E-state index is 13.5. The Kier molecular flexibility index (Phi) is 8.67. The average Bonchev–Trinajstić information content (AvgIpc) is 3.33. The van der Waals surface area contributed by atoms with Crippen molar-refractivity contribution in [2.24, 2.45) is 0 Å². The van der Waals surface area contributed by atoms with Crippen molar-refractivity contribution < 1.29 is 42.2 Å². The van der Waals surface area contributed by atoms with Crippen molar-refractivity contribution in [2.45, 2.75) is 25.8 Å². The molecule has 0 amide bonds. The summed E-state index contributed by atoms with van der Waals surface area (Å²) in [6.45, 7) is 1.54. The molecule has 2 N–H and O–H groups in total. The predicted octanol–water partition coefficient (Wildman–Crippen LogP) is 7.84. The molecule has 4 rings (SSSR count). The lowest BCUT2D eigenvalue weighted by atomic mass is 10.0. The van der Waals surface area contributed by atoms with E-state index in [9.17, 15) is 33.2 Å². The zero-order valence-electron chi connectivity index (χ0n) is 21.6. The SMILES string of the molecule is COc1ccc(COc2ccc([N+](=O)[O-])c(Nc3cc(O[C@H](C)c4ccccc4C(F)(F)F)c(C(=O)O)s3)c2)cc1. The van der Waals surface area contributed by atoms with Gasteiger partial charge in [0.1, 0.15) is 35.6 Å². The molecular formula is C28H23F3N2O7S. The second-order valence-electron chi connectivity index (χ2n) is 8.65. The zero-order valence-corrected chi connectivity index (χ0v) is 22.4. The van der Waals surface area contributed by atoms with E-state index in [1.807, 2.05) is 0 Å². The predicted molar refractivity (Wildman–Crippen MR) is 145 cm³/mol. The van der Waals surface area contributed by atoms with Gasteiger partial charge in [-0.25, -0.2) is 4.79 Å². The number of thiophene rings is 1. The minimum absolute atomic E-state index is 0.0161. The molecule has 0 aliphatic carbocycles. The number of nitro groups is 1. The van der Waals surface area contributed by atoms with Gasteiger partial charge in [0.15, 0.2) is 4.88 Å². The van der Waals surface area contributed by atoms with Gasteiger partial charge in [-0.05, 0) is 36.8 Å². The number of nitro benzene ring substituents is 1. The molecule has 41 heavy (non-hydrogen) atoms. The Morgan fingerprint density at radius 1 is 1.07 bits per heavy atom. The number of methoxy groups -OCH3 is 1. The van der Waals surface area contributed by atoms with Gasteiger partial charge in [0.2, 0.25) is 0 Å². The van der Waals surface area contributed by atoms with Crippen LogP contribution in [0.4, 0.5) is 29.5 Å². The molecule has 0 saturated heterocycles.